The number of ether oxygens (including phenoxy) is 1. The van der Waals surface area contributed by atoms with Crippen molar-refractivity contribution in [3.63, 3.8) is 0 Å². The molecule has 2 aliphatic rings. The van der Waals surface area contributed by atoms with Crippen LogP contribution in [0.1, 0.15) is 58.5 Å². The van der Waals surface area contributed by atoms with E-state index in [1.165, 1.54) is 16.2 Å². The van der Waals surface area contributed by atoms with Crippen LogP contribution in [0, 0.1) is 5.41 Å². The minimum atomic E-state index is -1.23. The van der Waals surface area contributed by atoms with E-state index in [-0.39, 0.29) is 22.3 Å². The van der Waals surface area contributed by atoms with Crippen LogP contribution in [-0.2, 0) is 28.9 Å². The molecule has 1 aromatic heterocycles. The molecule has 3 atom stereocenters. The number of hydrogen-bond donors (Lipinski definition) is 1. The molecule has 9 heteroatoms. The Morgan fingerprint density at radius 1 is 1.36 bits per heavy atom. The average Bonchev–Trinajstić information content (AvgIpc) is 3.01. The van der Waals surface area contributed by atoms with Crippen LogP contribution in [0.5, 0.6) is 0 Å². The third-order valence-corrected chi connectivity index (χ3v) is 8.08. The number of likely N-dealkylation sites (tertiary alicyclic amines) is 1. The van der Waals surface area contributed by atoms with Gasteiger partial charge in [0.1, 0.15) is 10.3 Å². The highest BCUT2D eigenvalue weighted by atomic mass is 35.5. The topological polar surface area (TPSA) is 77.5 Å². The van der Waals surface area contributed by atoms with Crippen molar-refractivity contribution in [2.24, 2.45) is 5.41 Å². The number of hydrogen-bond acceptors (Lipinski definition) is 6. The van der Waals surface area contributed by atoms with Crippen LogP contribution in [0.4, 0.5) is 4.79 Å². The van der Waals surface area contributed by atoms with Crippen molar-refractivity contribution < 1.29 is 14.1 Å². The fourth-order valence-corrected chi connectivity index (χ4v) is 6.04. The Morgan fingerprint density at radius 2 is 2.04 bits per heavy atom. The summed E-state index contributed by atoms with van der Waals surface area (Å²) in [7, 11) is 0. The van der Waals surface area contributed by atoms with E-state index in [2.05, 4.69) is 9.71 Å². The first kappa shape index (κ1) is 22.2. The smallest absolute Gasteiger partial charge is 0.410 e. The summed E-state index contributed by atoms with van der Waals surface area (Å²) in [4.78, 5) is 20.1. The van der Waals surface area contributed by atoms with E-state index in [4.69, 9.17) is 16.3 Å². The number of thiazole rings is 1. The van der Waals surface area contributed by atoms with Crippen LogP contribution in [0.25, 0.3) is 0 Å². The number of nitrogens with one attached hydrogen (secondary N) is 1. The first-order valence-corrected chi connectivity index (χ1v) is 11.9. The zero-order valence-corrected chi connectivity index (χ0v) is 19.8. The summed E-state index contributed by atoms with van der Waals surface area (Å²) in [5.41, 5.74) is 0.411. The lowest BCUT2D eigenvalue weighted by molar-refractivity contribution is 0.00420. The van der Waals surface area contributed by atoms with Gasteiger partial charge in [-0.3, -0.25) is 0 Å². The Kier molecular flexibility index (Phi) is 6.02. The quantitative estimate of drug-likeness (QED) is 0.694. The number of amides is 1. The van der Waals surface area contributed by atoms with Gasteiger partial charge in [0.05, 0.1) is 11.7 Å². The summed E-state index contributed by atoms with van der Waals surface area (Å²) in [6.45, 7) is 12.5. The standard InChI is InChI=1S/C19H30ClN3O3S2/c1-17(2,3)26-16(24)23-8-7-19(9-12-13(10-19)27-15(20)21-12)14(11-23)22-28(25)18(4,5)6/h14,22H,7-11H2,1-6H3. The highest BCUT2D eigenvalue weighted by Gasteiger charge is 2.51. The summed E-state index contributed by atoms with van der Waals surface area (Å²) in [6, 6.07) is -0.103. The fraction of sp³-hybridized carbons (Fsp3) is 0.789. The Morgan fingerprint density at radius 3 is 2.61 bits per heavy atom. The number of aromatic nitrogens is 1. The lowest BCUT2D eigenvalue weighted by Gasteiger charge is -2.46. The predicted molar refractivity (Wildman–Crippen MR) is 114 cm³/mol. The molecule has 0 radical (unpaired) electrons. The van der Waals surface area contributed by atoms with Crippen molar-refractivity contribution in [3.8, 4) is 0 Å². The molecule has 6 nitrogen and oxygen atoms in total. The zero-order valence-electron chi connectivity index (χ0n) is 17.4. The molecule has 0 bridgehead atoms. The maximum absolute atomic E-state index is 12.9. The summed E-state index contributed by atoms with van der Waals surface area (Å²) < 4.78 is 22.0. The Labute approximate surface area is 179 Å². The van der Waals surface area contributed by atoms with Crippen LogP contribution < -0.4 is 4.72 Å². The number of carbonyl (C=O) groups is 1. The number of halogens is 1. The predicted octanol–water partition coefficient (Wildman–Crippen LogP) is 3.94. The lowest BCUT2D eigenvalue weighted by Crippen LogP contribution is -2.62. The second kappa shape index (κ2) is 7.61. The van der Waals surface area contributed by atoms with Crippen LogP contribution in [-0.4, -0.2) is 50.0 Å². The summed E-state index contributed by atoms with van der Waals surface area (Å²) in [6.07, 6.45) is 2.15. The zero-order chi connectivity index (χ0) is 20.9. The van der Waals surface area contributed by atoms with Gasteiger partial charge in [-0.25, -0.2) is 9.78 Å². The number of rotatable bonds is 2. The van der Waals surface area contributed by atoms with Crippen molar-refractivity contribution in [1.29, 1.82) is 0 Å². The molecule has 0 saturated carbocycles. The first-order valence-electron chi connectivity index (χ1n) is 9.59. The van der Waals surface area contributed by atoms with Gasteiger partial charge in [-0.05, 0) is 60.8 Å². The molecule has 3 rings (SSSR count). The fourth-order valence-electron chi connectivity index (χ4n) is 3.76. The molecule has 158 valence electrons. The van der Waals surface area contributed by atoms with E-state index in [0.717, 1.165) is 25.0 Å². The second-order valence-corrected chi connectivity index (χ2v) is 13.4. The molecule has 1 aromatic rings. The maximum atomic E-state index is 12.9. The number of carbonyl (C=O) groups excluding carboxylic acids is 1. The number of nitrogens with zero attached hydrogens (tertiary/aromatic N) is 2. The Bertz CT molecular complexity index is 718. The van der Waals surface area contributed by atoms with E-state index in [1.54, 1.807) is 4.90 Å². The van der Waals surface area contributed by atoms with Crippen LogP contribution >= 0.6 is 22.9 Å². The van der Waals surface area contributed by atoms with E-state index < -0.39 is 17.0 Å². The van der Waals surface area contributed by atoms with Gasteiger partial charge >= 0.3 is 6.09 Å². The molecular formula is C19H30ClN3O3S2. The Hall–Kier alpha value is -0.540. The minimum absolute atomic E-state index is 0.0990. The van der Waals surface area contributed by atoms with Gasteiger partial charge in [-0.1, -0.05) is 11.6 Å². The van der Waals surface area contributed by atoms with Gasteiger partial charge in [-0.15, -0.1) is 16.1 Å². The van der Waals surface area contributed by atoms with Gasteiger partial charge in [0.15, 0.2) is 4.47 Å². The molecule has 1 spiro atoms. The summed E-state index contributed by atoms with van der Waals surface area (Å²) in [5, 5.41) is 0. The normalized spacial score (nSPS) is 26.4. The number of piperidine rings is 1. The van der Waals surface area contributed by atoms with Gasteiger partial charge in [0, 0.05) is 34.7 Å². The first-order chi connectivity index (χ1) is 12.8. The van der Waals surface area contributed by atoms with Gasteiger partial charge in [-0.2, -0.15) is 0 Å². The highest BCUT2D eigenvalue weighted by molar-refractivity contribution is 7.90. The molecule has 1 aliphatic carbocycles. The van der Waals surface area contributed by atoms with E-state index in [0.29, 0.717) is 17.6 Å². The average molecular weight is 448 g/mol. The third-order valence-electron chi connectivity index (χ3n) is 5.26. The molecule has 1 fully saturated rings. The van der Waals surface area contributed by atoms with Crippen LogP contribution in [0.15, 0.2) is 0 Å². The molecule has 2 heterocycles. The maximum Gasteiger partial charge on any atom is 0.410 e. The minimum Gasteiger partial charge on any atom is -0.598 e. The van der Waals surface area contributed by atoms with Gasteiger partial charge < -0.3 is 14.2 Å². The van der Waals surface area contributed by atoms with Gasteiger partial charge in [0.25, 0.3) is 0 Å². The molecular weight excluding hydrogens is 418 g/mol. The third kappa shape index (κ3) is 4.78. The molecule has 1 aliphatic heterocycles. The van der Waals surface area contributed by atoms with Gasteiger partial charge in [0.2, 0.25) is 0 Å². The second-order valence-electron chi connectivity index (χ2n) is 9.78. The SMILES string of the molecule is CC(C)(C)OC(=O)N1CCC2(Cc3nc(Cl)sc3C2)C(N[S+]([O-])C(C)(C)C)C1. The number of fused-ring (bicyclic) bond motifs is 1. The molecule has 28 heavy (non-hydrogen) atoms. The van der Waals surface area contributed by atoms with E-state index in [1.807, 2.05) is 41.5 Å². The van der Waals surface area contributed by atoms with Crippen LogP contribution in [0.2, 0.25) is 4.47 Å². The van der Waals surface area contributed by atoms with Crippen molar-refractivity contribution in [2.75, 3.05) is 13.1 Å². The van der Waals surface area contributed by atoms with Crippen molar-refractivity contribution in [2.45, 2.75) is 77.2 Å². The van der Waals surface area contributed by atoms with Crippen molar-refractivity contribution in [3.05, 3.63) is 15.0 Å². The molecule has 1 amide bonds. The molecule has 1 N–H and O–H groups in total. The molecule has 0 aromatic carbocycles. The van der Waals surface area contributed by atoms with Crippen molar-refractivity contribution >= 4 is 40.4 Å². The largest absolute Gasteiger partial charge is 0.598 e. The molecule has 1 saturated heterocycles. The molecule has 3 unspecified atom stereocenters. The van der Waals surface area contributed by atoms with E-state index >= 15 is 0 Å². The Balaban J connectivity index is 1.81. The lowest BCUT2D eigenvalue weighted by atomic mass is 9.73. The monoisotopic (exact) mass is 447 g/mol. The van der Waals surface area contributed by atoms with Crippen LogP contribution in [0.3, 0.4) is 0 Å². The van der Waals surface area contributed by atoms with Crippen molar-refractivity contribution in [1.82, 2.24) is 14.6 Å². The summed E-state index contributed by atoms with van der Waals surface area (Å²) in [5.74, 6) is 0. The van der Waals surface area contributed by atoms with E-state index in [9.17, 15) is 9.35 Å². The summed E-state index contributed by atoms with van der Waals surface area (Å²) >= 11 is 6.38. The highest BCUT2D eigenvalue weighted by Crippen LogP contribution is 2.47.